The van der Waals surface area contributed by atoms with Crippen molar-refractivity contribution in [1.82, 2.24) is 15.8 Å². The zero-order valence-corrected chi connectivity index (χ0v) is 21.3. The predicted molar refractivity (Wildman–Crippen MR) is 128 cm³/mol. The van der Waals surface area contributed by atoms with E-state index in [-0.39, 0.29) is 24.4 Å². The van der Waals surface area contributed by atoms with E-state index >= 15 is 0 Å². The number of halogens is 1. The standard InChI is InChI=1S/C24H29ClN4O7/c1-5-35-24(31)22-19(13-34-11-10-26-12-18-15(3)29(32)36-28-18)27-14(2)20(23(30)33-4)21(22)16-8-6-7-9-17(16)25/h6-9,21,26-27H,5,10-13H2,1-4H3. The Hall–Kier alpha value is -3.41. The Bertz CT molecular complexity index is 1170. The maximum absolute atomic E-state index is 13.1. The number of aromatic nitrogens is 2. The molecule has 1 aromatic carbocycles. The number of rotatable bonds is 11. The van der Waals surface area contributed by atoms with E-state index in [1.807, 2.05) is 0 Å². The van der Waals surface area contributed by atoms with Crippen LogP contribution in [0.4, 0.5) is 0 Å². The second kappa shape index (κ2) is 12.5. The molecular formula is C24H29ClN4O7. The molecule has 0 amide bonds. The van der Waals surface area contributed by atoms with Gasteiger partial charge in [0.15, 0.2) is 5.69 Å². The van der Waals surface area contributed by atoms with Gasteiger partial charge >= 0.3 is 11.9 Å². The average molecular weight is 521 g/mol. The van der Waals surface area contributed by atoms with Crippen molar-refractivity contribution in [2.45, 2.75) is 33.2 Å². The summed E-state index contributed by atoms with van der Waals surface area (Å²) in [5, 5.41) is 21.6. The van der Waals surface area contributed by atoms with Crippen LogP contribution in [-0.2, 0) is 30.3 Å². The fraction of sp³-hybridized carbons (Fsp3) is 0.417. The van der Waals surface area contributed by atoms with E-state index in [0.29, 0.717) is 58.0 Å². The van der Waals surface area contributed by atoms with Crippen LogP contribution in [0.25, 0.3) is 0 Å². The number of esters is 2. The normalized spacial score (nSPS) is 15.6. The Morgan fingerprint density at radius 2 is 2.00 bits per heavy atom. The molecule has 1 aliphatic rings. The molecule has 3 rings (SSSR count). The fourth-order valence-electron chi connectivity index (χ4n) is 3.87. The van der Waals surface area contributed by atoms with Crippen LogP contribution in [0, 0.1) is 12.1 Å². The number of hydrogen-bond acceptors (Lipinski definition) is 10. The van der Waals surface area contributed by atoms with Gasteiger partial charge in [-0.05, 0) is 30.4 Å². The van der Waals surface area contributed by atoms with Crippen molar-refractivity contribution in [3.05, 3.63) is 74.0 Å². The molecule has 2 aromatic rings. The van der Waals surface area contributed by atoms with E-state index in [4.69, 9.17) is 25.8 Å². The van der Waals surface area contributed by atoms with Crippen molar-refractivity contribution in [2.75, 3.05) is 33.5 Å². The highest BCUT2D eigenvalue weighted by Gasteiger charge is 2.39. The van der Waals surface area contributed by atoms with Gasteiger partial charge < -0.3 is 30.1 Å². The SMILES string of the molecule is CCOC(=O)C1=C(COCCNCc2no[n+]([O-])c2C)NC(C)=C(C(=O)OC)C1c1ccccc1Cl. The van der Waals surface area contributed by atoms with Crippen molar-refractivity contribution in [2.24, 2.45) is 0 Å². The molecule has 1 unspecified atom stereocenters. The molecule has 194 valence electrons. The number of dihydropyridines is 1. The Morgan fingerprint density at radius 1 is 1.25 bits per heavy atom. The molecule has 0 spiro atoms. The summed E-state index contributed by atoms with van der Waals surface area (Å²) in [4.78, 5) is 26.3. The highest BCUT2D eigenvalue weighted by Crippen LogP contribution is 2.41. The molecule has 1 aromatic heterocycles. The molecule has 0 fully saturated rings. The molecule has 2 N–H and O–H groups in total. The minimum atomic E-state index is -0.808. The van der Waals surface area contributed by atoms with Crippen LogP contribution in [0.1, 0.15) is 36.7 Å². The van der Waals surface area contributed by atoms with Crippen LogP contribution < -0.4 is 15.5 Å². The van der Waals surface area contributed by atoms with E-state index in [0.717, 1.165) is 0 Å². The summed E-state index contributed by atoms with van der Waals surface area (Å²) >= 11 is 6.50. The number of nitrogens with one attached hydrogen (secondary N) is 2. The first kappa shape index (κ1) is 27.2. The number of carbonyl (C=O) groups is 2. The van der Waals surface area contributed by atoms with Crippen molar-refractivity contribution in [1.29, 1.82) is 0 Å². The second-order valence-corrected chi connectivity index (χ2v) is 8.32. The van der Waals surface area contributed by atoms with Crippen LogP contribution in [0.2, 0.25) is 5.02 Å². The van der Waals surface area contributed by atoms with Gasteiger partial charge in [-0.1, -0.05) is 29.8 Å². The lowest BCUT2D eigenvalue weighted by molar-refractivity contribution is -0.806. The number of ether oxygens (including phenoxy) is 3. The molecule has 0 radical (unpaired) electrons. The number of methoxy groups -OCH3 is 1. The van der Waals surface area contributed by atoms with Gasteiger partial charge in [-0.25, -0.2) is 9.59 Å². The summed E-state index contributed by atoms with van der Waals surface area (Å²) in [5.74, 6) is -1.98. The summed E-state index contributed by atoms with van der Waals surface area (Å²) in [6.07, 6.45) is 0. The third-order valence-electron chi connectivity index (χ3n) is 5.64. The molecule has 11 nitrogen and oxygen atoms in total. The molecule has 36 heavy (non-hydrogen) atoms. The van der Waals surface area contributed by atoms with E-state index in [2.05, 4.69) is 20.4 Å². The van der Waals surface area contributed by atoms with Crippen LogP contribution in [0.15, 0.2) is 51.4 Å². The largest absolute Gasteiger partial charge is 0.466 e. The van der Waals surface area contributed by atoms with Gasteiger partial charge in [-0.3, -0.25) is 4.63 Å². The van der Waals surface area contributed by atoms with Crippen LogP contribution in [0.5, 0.6) is 0 Å². The quantitative estimate of drug-likeness (QED) is 0.257. The van der Waals surface area contributed by atoms with E-state index in [1.165, 1.54) is 7.11 Å². The topological polar surface area (TPSA) is 139 Å². The Labute approximate surface area is 213 Å². The Morgan fingerprint density at radius 3 is 2.64 bits per heavy atom. The highest BCUT2D eigenvalue weighted by molar-refractivity contribution is 6.31. The van der Waals surface area contributed by atoms with Gasteiger partial charge in [0.25, 0.3) is 0 Å². The third-order valence-corrected chi connectivity index (χ3v) is 5.98. The smallest absolute Gasteiger partial charge is 0.336 e. The first-order chi connectivity index (χ1) is 17.3. The average Bonchev–Trinajstić information content (AvgIpc) is 3.18. The van der Waals surface area contributed by atoms with Gasteiger partial charge in [-0.15, -0.1) is 0 Å². The highest BCUT2D eigenvalue weighted by atomic mass is 35.5. The maximum Gasteiger partial charge on any atom is 0.336 e. The number of benzene rings is 1. The molecule has 12 heteroatoms. The van der Waals surface area contributed by atoms with Gasteiger partial charge in [0.05, 0.1) is 56.2 Å². The second-order valence-electron chi connectivity index (χ2n) is 7.91. The molecule has 1 atom stereocenters. The van der Waals surface area contributed by atoms with Crippen molar-refractivity contribution in [3.63, 3.8) is 0 Å². The van der Waals surface area contributed by atoms with E-state index < -0.39 is 17.9 Å². The lowest BCUT2D eigenvalue weighted by atomic mass is 9.80. The Balaban J connectivity index is 1.82. The van der Waals surface area contributed by atoms with E-state index in [9.17, 15) is 14.8 Å². The summed E-state index contributed by atoms with van der Waals surface area (Å²) in [7, 11) is 1.28. The molecule has 1 aliphatic heterocycles. The lowest BCUT2D eigenvalue weighted by Gasteiger charge is -2.31. The number of carbonyl (C=O) groups excluding carboxylic acids is 2. The number of allylic oxidation sites excluding steroid dienone is 1. The van der Waals surface area contributed by atoms with Crippen LogP contribution in [0.3, 0.4) is 0 Å². The first-order valence-corrected chi connectivity index (χ1v) is 11.7. The van der Waals surface area contributed by atoms with Gasteiger partial charge in [0, 0.05) is 29.3 Å². The first-order valence-electron chi connectivity index (χ1n) is 11.3. The monoisotopic (exact) mass is 520 g/mol. The van der Waals surface area contributed by atoms with Gasteiger partial charge in [-0.2, -0.15) is 0 Å². The minimum Gasteiger partial charge on any atom is -0.466 e. The maximum atomic E-state index is 13.1. The van der Waals surface area contributed by atoms with Crippen molar-refractivity contribution < 1.29 is 33.3 Å². The predicted octanol–water partition coefficient (Wildman–Crippen LogP) is 2.03. The number of nitrogens with zero attached hydrogens (tertiary/aromatic N) is 2. The van der Waals surface area contributed by atoms with Crippen molar-refractivity contribution >= 4 is 23.5 Å². The van der Waals surface area contributed by atoms with Crippen LogP contribution in [-0.4, -0.2) is 50.6 Å². The van der Waals surface area contributed by atoms with Gasteiger partial charge in [0.1, 0.15) is 0 Å². The summed E-state index contributed by atoms with van der Waals surface area (Å²) in [6.45, 7) is 6.31. The molecule has 0 saturated heterocycles. The van der Waals surface area contributed by atoms with Crippen LogP contribution >= 0.6 is 11.6 Å². The molecule has 0 bridgehead atoms. The van der Waals surface area contributed by atoms with E-state index in [1.54, 1.807) is 45.0 Å². The summed E-state index contributed by atoms with van der Waals surface area (Å²) in [5.41, 5.74) is 2.92. The minimum absolute atomic E-state index is 0.0477. The molecule has 0 saturated carbocycles. The van der Waals surface area contributed by atoms with Gasteiger partial charge in [0.2, 0.25) is 5.69 Å². The Kier molecular flexibility index (Phi) is 9.45. The zero-order chi connectivity index (χ0) is 26.2. The lowest BCUT2D eigenvalue weighted by Crippen LogP contribution is -2.35. The summed E-state index contributed by atoms with van der Waals surface area (Å²) in [6, 6.07) is 7.00. The zero-order valence-electron chi connectivity index (χ0n) is 20.6. The fourth-order valence-corrected chi connectivity index (χ4v) is 4.11. The van der Waals surface area contributed by atoms with Crippen molar-refractivity contribution in [3.8, 4) is 0 Å². The molecular weight excluding hydrogens is 492 g/mol. The third kappa shape index (κ3) is 6.04. The molecule has 2 heterocycles. The molecule has 0 aliphatic carbocycles. The summed E-state index contributed by atoms with van der Waals surface area (Å²) < 4.78 is 20.7. The number of hydrogen-bond donors (Lipinski definition) is 2.